The van der Waals surface area contributed by atoms with Gasteiger partial charge in [-0.1, -0.05) is 31.4 Å². The van der Waals surface area contributed by atoms with Crippen LogP contribution in [0.25, 0.3) is 0 Å². The van der Waals surface area contributed by atoms with Crippen molar-refractivity contribution >= 4 is 0 Å². The van der Waals surface area contributed by atoms with Crippen LogP contribution in [0.15, 0.2) is 18.2 Å². The molecule has 1 aliphatic carbocycles. The monoisotopic (exact) mass is 261 g/mol. The molecule has 1 aromatic carbocycles. The lowest BCUT2D eigenvalue weighted by Crippen LogP contribution is -2.34. The molecule has 0 saturated heterocycles. The van der Waals surface area contributed by atoms with Crippen LogP contribution in [0, 0.1) is 12.8 Å². The Morgan fingerprint density at radius 2 is 2.00 bits per heavy atom. The second-order valence-corrected chi connectivity index (χ2v) is 5.87. The fraction of sp³-hybridized carbons (Fsp3) is 0.647. The van der Waals surface area contributed by atoms with Crippen molar-refractivity contribution in [3.63, 3.8) is 0 Å². The fourth-order valence-corrected chi connectivity index (χ4v) is 3.13. The van der Waals surface area contributed by atoms with Crippen LogP contribution in [-0.2, 0) is 6.54 Å². The molecule has 2 heteroatoms. The second kappa shape index (κ2) is 6.95. The van der Waals surface area contributed by atoms with Crippen molar-refractivity contribution in [1.82, 2.24) is 5.32 Å². The maximum Gasteiger partial charge on any atom is 0.121 e. The highest BCUT2D eigenvalue weighted by Gasteiger charge is 2.19. The Kier molecular flexibility index (Phi) is 5.26. The number of methoxy groups -OCH3 is 1. The predicted molar refractivity (Wildman–Crippen MR) is 80.6 cm³/mol. The number of benzene rings is 1. The van der Waals surface area contributed by atoms with Gasteiger partial charge in [-0.25, -0.2) is 0 Å². The lowest BCUT2D eigenvalue weighted by Gasteiger charge is -2.28. The van der Waals surface area contributed by atoms with Crippen LogP contribution in [0.4, 0.5) is 0 Å². The molecule has 0 spiro atoms. The highest BCUT2D eigenvalue weighted by molar-refractivity contribution is 5.36. The average molecular weight is 261 g/mol. The number of aryl methyl sites for hydroxylation is 1. The van der Waals surface area contributed by atoms with E-state index in [9.17, 15) is 0 Å². The number of ether oxygens (including phenoxy) is 1. The largest absolute Gasteiger partial charge is 0.496 e. The zero-order valence-electron chi connectivity index (χ0n) is 12.5. The topological polar surface area (TPSA) is 21.3 Å². The van der Waals surface area contributed by atoms with Crippen LogP contribution >= 0.6 is 0 Å². The van der Waals surface area contributed by atoms with Gasteiger partial charge in [-0.3, -0.25) is 0 Å². The van der Waals surface area contributed by atoms with Crippen molar-refractivity contribution in [2.24, 2.45) is 5.92 Å². The Hall–Kier alpha value is -1.02. The van der Waals surface area contributed by atoms with Crippen molar-refractivity contribution in [2.75, 3.05) is 7.11 Å². The van der Waals surface area contributed by atoms with Crippen LogP contribution in [0.2, 0.25) is 0 Å². The van der Waals surface area contributed by atoms with Gasteiger partial charge in [-0.15, -0.1) is 0 Å². The van der Waals surface area contributed by atoms with Gasteiger partial charge in [0, 0.05) is 12.6 Å². The lowest BCUT2D eigenvalue weighted by atomic mass is 9.84. The Morgan fingerprint density at radius 1 is 1.26 bits per heavy atom. The van der Waals surface area contributed by atoms with E-state index in [1.54, 1.807) is 7.11 Å². The third-order valence-electron chi connectivity index (χ3n) is 4.44. The molecule has 106 valence electrons. The Morgan fingerprint density at radius 3 is 2.63 bits per heavy atom. The quantitative estimate of drug-likeness (QED) is 0.863. The zero-order chi connectivity index (χ0) is 13.7. The summed E-state index contributed by atoms with van der Waals surface area (Å²) in [5, 5.41) is 3.69. The normalized spacial score (nSPS) is 18.3. The van der Waals surface area contributed by atoms with E-state index >= 15 is 0 Å². The maximum atomic E-state index is 5.30. The zero-order valence-corrected chi connectivity index (χ0v) is 12.5. The van der Waals surface area contributed by atoms with E-state index in [4.69, 9.17) is 4.74 Å². The molecule has 1 fully saturated rings. The molecule has 0 unspecified atom stereocenters. The average Bonchev–Trinajstić information content (AvgIpc) is 2.46. The molecule has 0 heterocycles. The number of rotatable bonds is 5. The predicted octanol–water partition coefficient (Wildman–Crippen LogP) is 4.06. The molecule has 1 saturated carbocycles. The summed E-state index contributed by atoms with van der Waals surface area (Å²) in [5.41, 5.74) is 2.56. The summed E-state index contributed by atoms with van der Waals surface area (Å²) >= 11 is 0. The summed E-state index contributed by atoms with van der Waals surface area (Å²) in [6, 6.07) is 7.08. The summed E-state index contributed by atoms with van der Waals surface area (Å²) in [4.78, 5) is 0. The maximum absolute atomic E-state index is 5.30. The highest BCUT2D eigenvalue weighted by Crippen LogP contribution is 2.26. The van der Waals surface area contributed by atoms with E-state index in [1.807, 2.05) is 0 Å². The number of hydrogen-bond donors (Lipinski definition) is 1. The van der Waals surface area contributed by atoms with Gasteiger partial charge in [0.15, 0.2) is 0 Å². The van der Waals surface area contributed by atoms with Crippen LogP contribution in [-0.4, -0.2) is 13.2 Å². The van der Waals surface area contributed by atoms with Gasteiger partial charge in [-0.2, -0.15) is 0 Å². The highest BCUT2D eigenvalue weighted by atomic mass is 16.5. The first-order valence-corrected chi connectivity index (χ1v) is 7.57. The summed E-state index contributed by atoms with van der Waals surface area (Å²) in [6.45, 7) is 5.40. The molecule has 0 aliphatic heterocycles. The van der Waals surface area contributed by atoms with E-state index in [2.05, 4.69) is 37.4 Å². The van der Waals surface area contributed by atoms with E-state index in [0.29, 0.717) is 6.04 Å². The molecule has 2 nitrogen and oxygen atoms in total. The van der Waals surface area contributed by atoms with E-state index < -0.39 is 0 Å². The molecule has 0 aromatic heterocycles. The number of hydrogen-bond acceptors (Lipinski definition) is 2. The molecule has 0 bridgehead atoms. The van der Waals surface area contributed by atoms with Crippen molar-refractivity contribution in [2.45, 2.75) is 58.5 Å². The summed E-state index contributed by atoms with van der Waals surface area (Å²) < 4.78 is 5.30. The van der Waals surface area contributed by atoms with Gasteiger partial charge < -0.3 is 10.1 Å². The molecule has 2 rings (SSSR count). The van der Waals surface area contributed by atoms with Crippen molar-refractivity contribution in [1.29, 1.82) is 0 Å². The summed E-state index contributed by atoms with van der Waals surface area (Å²) in [6.07, 6.45) is 7.06. The van der Waals surface area contributed by atoms with Crippen molar-refractivity contribution < 1.29 is 4.74 Å². The molecular weight excluding hydrogens is 234 g/mol. The van der Waals surface area contributed by atoms with Gasteiger partial charge in [0.2, 0.25) is 0 Å². The molecule has 1 aromatic rings. The van der Waals surface area contributed by atoms with Crippen LogP contribution in [0.5, 0.6) is 5.75 Å². The first-order chi connectivity index (χ1) is 9.20. The third kappa shape index (κ3) is 3.97. The molecule has 1 atom stereocenters. The SMILES string of the molecule is COc1ccc(CN[C@H](C)C2CCCCC2)cc1C. The second-order valence-electron chi connectivity index (χ2n) is 5.87. The van der Waals surface area contributed by atoms with Gasteiger partial charge in [-0.05, 0) is 49.8 Å². The Labute approximate surface area is 117 Å². The van der Waals surface area contributed by atoms with Crippen molar-refractivity contribution in [3.05, 3.63) is 29.3 Å². The minimum atomic E-state index is 0.628. The van der Waals surface area contributed by atoms with E-state index in [0.717, 1.165) is 18.2 Å². The molecule has 19 heavy (non-hydrogen) atoms. The number of nitrogens with one attached hydrogen (secondary N) is 1. The standard InChI is InChI=1S/C17H27NO/c1-13-11-15(9-10-17(13)19-3)12-18-14(2)16-7-5-4-6-8-16/h9-11,14,16,18H,4-8,12H2,1-3H3/t14-/m1/s1. The van der Waals surface area contributed by atoms with Crippen LogP contribution in [0.1, 0.15) is 50.2 Å². The summed E-state index contributed by atoms with van der Waals surface area (Å²) in [5.74, 6) is 1.84. The van der Waals surface area contributed by atoms with Crippen LogP contribution < -0.4 is 10.1 Å². The van der Waals surface area contributed by atoms with Gasteiger partial charge >= 0.3 is 0 Å². The molecule has 1 aliphatic rings. The van der Waals surface area contributed by atoms with Crippen molar-refractivity contribution in [3.8, 4) is 5.75 Å². The molecule has 0 radical (unpaired) electrons. The third-order valence-corrected chi connectivity index (χ3v) is 4.44. The molecule has 0 amide bonds. The first-order valence-electron chi connectivity index (χ1n) is 7.57. The van der Waals surface area contributed by atoms with Gasteiger partial charge in [0.25, 0.3) is 0 Å². The smallest absolute Gasteiger partial charge is 0.121 e. The van der Waals surface area contributed by atoms with Crippen LogP contribution in [0.3, 0.4) is 0 Å². The minimum Gasteiger partial charge on any atom is -0.496 e. The fourth-order valence-electron chi connectivity index (χ4n) is 3.13. The lowest BCUT2D eigenvalue weighted by molar-refractivity contribution is 0.280. The van der Waals surface area contributed by atoms with E-state index in [1.165, 1.54) is 43.2 Å². The first kappa shape index (κ1) is 14.4. The Bertz CT molecular complexity index is 396. The van der Waals surface area contributed by atoms with Gasteiger partial charge in [0.1, 0.15) is 5.75 Å². The minimum absolute atomic E-state index is 0.628. The molecule has 1 N–H and O–H groups in total. The van der Waals surface area contributed by atoms with E-state index in [-0.39, 0.29) is 0 Å². The Balaban J connectivity index is 1.85. The van der Waals surface area contributed by atoms with Gasteiger partial charge in [0.05, 0.1) is 7.11 Å². The summed E-state index contributed by atoms with van der Waals surface area (Å²) in [7, 11) is 1.73. The molecular formula is C17H27NO.